The van der Waals surface area contributed by atoms with E-state index in [1.165, 1.54) is 37.7 Å². The summed E-state index contributed by atoms with van der Waals surface area (Å²) < 4.78 is 0. The van der Waals surface area contributed by atoms with Crippen molar-refractivity contribution in [2.75, 3.05) is 0 Å². The monoisotopic (exact) mass is 470 g/mol. The smallest absolute Gasteiger partial charge is 0.161 e. The van der Waals surface area contributed by atoms with E-state index in [9.17, 15) is 14.7 Å². The van der Waals surface area contributed by atoms with Gasteiger partial charge in [-0.05, 0) is 106 Å². The summed E-state index contributed by atoms with van der Waals surface area (Å²) >= 11 is 0. The van der Waals surface area contributed by atoms with Gasteiger partial charge in [0, 0.05) is 11.8 Å². The lowest BCUT2D eigenvalue weighted by molar-refractivity contribution is -0.140. The lowest BCUT2D eigenvalue weighted by Crippen LogP contribution is -2.53. The van der Waals surface area contributed by atoms with E-state index in [0.29, 0.717) is 30.0 Å². The van der Waals surface area contributed by atoms with E-state index < -0.39 is 5.60 Å². The van der Waals surface area contributed by atoms with Crippen LogP contribution in [0.5, 0.6) is 0 Å². The minimum atomic E-state index is -1.13. The largest absolute Gasteiger partial charge is 0.382 e. The first-order valence-corrected chi connectivity index (χ1v) is 14.2. The zero-order valence-corrected chi connectivity index (χ0v) is 23.0. The molecule has 0 heterocycles. The number of allylic oxidation sites excluding steroid dienone is 1. The molecule has 3 fully saturated rings. The highest BCUT2D eigenvalue weighted by atomic mass is 16.3. The van der Waals surface area contributed by atoms with Gasteiger partial charge in [0.2, 0.25) is 0 Å². The van der Waals surface area contributed by atoms with Crippen molar-refractivity contribution in [3.05, 3.63) is 11.6 Å². The number of aliphatic hydroxyl groups is 1. The van der Waals surface area contributed by atoms with Gasteiger partial charge in [-0.25, -0.2) is 0 Å². The Bertz CT molecular complexity index is 855. The summed E-state index contributed by atoms with van der Waals surface area (Å²) in [4.78, 5) is 24.1. The van der Waals surface area contributed by atoms with Crippen LogP contribution in [0.15, 0.2) is 11.6 Å². The maximum absolute atomic E-state index is 12.1. The van der Waals surface area contributed by atoms with Crippen molar-refractivity contribution in [3.8, 4) is 0 Å². The molecule has 4 aliphatic carbocycles. The molecule has 0 saturated heterocycles. The summed E-state index contributed by atoms with van der Waals surface area (Å²) in [5, 5.41) is 10.9. The van der Waals surface area contributed by atoms with Gasteiger partial charge in [-0.3, -0.25) is 9.59 Å². The lowest BCUT2D eigenvalue weighted by atomic mass is 9.46. The maximum Gasteiger partial charge on any atom is 0.161 e. The Balaban J connectivity index is 1.46. The molecule has 0 aromatic carbocycles. The van der Waals surface area contributed by atoms with Crippen molar-refractivity contribution in [1.82, 2.24) is 0 Å². The molecule has 0 aliphatic heterocycles. The minimum Gasteiger partial charge on any atom is -0.382 e. The maximum atomic E-state index is 12.1. The zero-order valence-electron chi connectivity index (χ0n) is 23.0. The number of rotatable bonds is 7. The van der Waals surface area contributed by atoms with Gasteiger partial charge >= 0.3 is 0 Å². The van der Waals surface area contributed by atoms with Crippen LogP contribution in [0.4, 0.5) is 0 Å². The van der Waals surface area contributed by atoms with Crippen molar-refractivity contribution in [2.24, 2.45) is 45.8 Å². The summed E-state index contributed by atoms with van der Waals surface area (Å²) in [5.41, 5.74) is 0.654. The number of fused-ring (bicyclic) bond motifs is 5. The average molecular weight is 471 g/mol. The first-order chi connectivity index (χ1) is 15.7. The second-order valence-electron chi connectivity index (χ2n) is 14.1. The van der Waals surface area contributed by atoms with Gasteiger partial charge < -0.3 is 5.11 Å². The summed E-state index contributed by atoms with van der Waals surface area (Å²) in [6, 6.07) is 0. The molecule has 3 heteroatoms. The third-order valence-electron chi connectivity index (χ3n) is 12.0. The van der Waals surface area contributed by atoms with Crippen LogP contribution in [-0.2, 0) is 9.59 Å². The predicted octanol–water partition coefficient (Wildman–Crippen LogP) is 7.31. The van der Waals surface area contributed by atoms with Crippen molar-refractivity contribution in [3.63, 3.8) is 0 Å². The van der Waals surface area contributed by atoms with Gasteiger partial charge in [-0.1, -0.05) is 59.1 Å². The normalized spacial score (nSPS) is 42.8. The standard InChI is InChI=1S/C31H50O3/c1-20(9-8-15-28(4,5)21(2)32)25-12-13-26-24-11-10-23-19-31(34,22(3)33)18-17-29(23,6)27(24)14-16-30(25,26)7/h10,20,24-27,34H,8-9,11-19H2,1-7H3/t20?,24-,25+,26-,27-,29-,30+,31-/m0/s1. The quantitative estimate of drug-likeness (QED) is 0.397. The van der Waals surface area contributed by atoms with E-state index in [2.05, 4.69) is 40.7 Å². The average Bonchev–Trinajstić information content (AvgIpc) is 3.11. The fraction of sp³-hybridized carbons (Fsp3) is 0.871. The fourth-order valence-corrected chi connectivity index (χ4v) is 9.17. The number of carbonyl (C=O) groups excluding carboxylic acids is 2. The van der Waals surface area contributed by atoms with Crippen LogP contribution < -0.4 is 0 Å². The van der Waals surface area contributed by atoms with Gasteiger partial charge in [0.05, 0.1) is 0 Å². The number of carbonyl (C=O) groups is 2. The summed E-state index contributed by atoms with van der Waals surface area (Å²) in [6.45, 7) is 15.0. The highest BCUT2D eigenvalue weighted by Crippen LogP contribution is 2.67. The van der Waals surface area contributed by atoms with Crippen molar-refractivity contribution >= 4 is 11.6 Å². The van der Waals surface area contributed by atoms with Gasteiger partial charge in [0.15, 0.2) is 5.78 Å². The van der Waals surface area contributed by atoms with E-state index in [1.807, 2.05) is 0 Å². The molecule has 0 spiro atoms. The molecule has 0 amide bonds. The molecule has 3 saturated carbocycles. The molecule has 1 unspecified atom stereocenters. The molecular weight excluding hydrogens is 420 g/mol. The second-order valence-corrected chi connectivity index (χ2v) is 14.1. The third kappa shape index (κ3) is 4.16. The Kier molecular flexibility index (Phi) is 6.80. The molecule has 4 aliphatic rings. The Morgan fingerprint density at radius 3 is 2.44 bits per heavy atom. The van der Waals surface area contributed by atoms with Crippen LogP contribution in [0.3, 0.4) is 0 Å². The molecule has 0 aromatic rings. The van der Waals surface area contributed by atoms with Gasteiger partial charge in [0.25, 0.3) is 0 Å². The lowest BCUT2D eigenvalue weighted by Gasteiger charge is -2.59. The third-order valence-corrected chi connectivity index (χ3v) is 12.0. The van der Waals surface area contributed by atoms with Crippen molar-refractivity contribution < 1.29 is 14.7 Å². The van der Waals surface area contributed by atoms with E-state index in [4.69, 9.17) is 0 Å². The molecule has 3 nitrogen and oxygen atoms in total. The van der Waals surface area contributed by atoms with Gasteiger partial charge in [0.1, 0.15) is 11.4 Å². The second kappa shape index (κ2) is 8.86. The number of ketones is 2. The molecule has 0 bridgehead atoms. The fourth-order valence-electron chi connectivity index (χ4n) is 9.17. The van der Waals surface area contributed by atoms with Crippen LogP contribution >= 0.6 is 0 Å². The summed E-state index contributed by atoms with van der Waals surface area (Å²) in [7, 11) is 0. The SMILES string of the molecule is CC(=O)C(C)(C)CCCC(C)[C@H]1CC[C@H]2[C@@H]3CC=C4C[C@](O)(C(C)=O)CC[C@]4(C)[C@H]3CC[C@]12C. The number of Topliss-reactive ketones (excluding diaryl/α,β-unsaturated/α-hetero) is 2. The van der Waals surface area contributed by atoms with E-state index in [0.717, 1.165) is 49.4 Å². The summed E-state index contributed by atoms with van der Waals surface area (Å²) in [5.74, 6) is 4.03. The molecule has 0 radical (unpaired) electrons. The van der Waals surface area contributed by atoms with Crippen LogP contribution in [0.25, 0.3) is 0 Å². The van der Waals surface area contributed by atoms with Crippen molar-refractivity contribution in [2.45, 2.75) is 125 Å². The van der Waals surface area contributed by atoms with Gasteiger partial charge in [-0.15, -0.1) is 0 Å². The first-order valence-electron chi connectivity index (χ1n) is 14.2. The number of hydrogen-bond donors (Lipinski definition) is 1. The minimum absolute atomic E-state index is 0.0619. The van der Waals surface area contributed by atoms with E-state index in [1.54, 1.807) is 13.8 Å². The van der Waals surface area contributed by atoms with E-state index in [-0.39, 0.29) is 16.6 Å². The molecule has 1 N–H and O–H groups in total. The Morgan fingerprint density at radius 1 is 1.09 bits per heavy atom. The topological polar surface area (TPSA) is 54.4 Å². The molecule has 34 heavy (non-hydrogen) atoms. The Hall–Kier alpha value is -0.960. The predicted molar refractivity (Wildman–Crippen MR) is 138 cm³/mol. The van der Waals surface area contributed by atoms with Gasteiger partial charge in [-0.2, -0.15) is 0 Å². The molecule has 4 rings (SSSR count). The highest BCUT2D eigenvalue weighted by molar-refractivity contribution is 5.85. The highest BCUT2D eigenvalue weighted by Gasteiger charge is 2.60. The number of hydrogen-bond acceptors (Lipinski definition) is 3. The van der Waals surface area contributed by atoms with Crippen LogP contribution in [-0.4, -0.2) is 22.3 Å². The molecular formula is C31H50O3. The Labute approximate surface area is 208 Å². The van der Waals surface area contributed by atoms with Crippen molar-refractivity contribution in [1.29, 1.82) is 0 Å². The Morgan fingerprint density at radius 2 is 1.79 bits per heavy atom. The molecule has 8 atom stereocenters. The summed E-state index contributed by atoms with van der Waals surface area (Å²) in [6.07, 6.45) is 14.5. The molecule has 0 aromatic heterocycles. The van der Waals surface area contributed by atoms with Crippen LogP contribution in [0.1, 0.15) is 119 Å². The van der Waals surface area contributed by atoms with Crippen LogP contribution in [0, 0.1) is 45.8 Å². The first kappa shape index (κ1) is 26.1. The van der Waals surface area contributed by atoms with E-state index >= 15 is 0 Å². The van der Waals surface area contributed by atoms with Crippen LogP contribution in [0.2, 0.25) is 0 Å². The molecule has 192 valence electrons. The zero-order chi connectivity index (χ0) is 25.1.